The average Bonchev–Trinajstić information content (AvgIpc) is 2.27. The molecule has 0 spiro atoms. The van der Waals surface area contributed by atoms with Crippen LogP contribution in [0.5, 0.6) is 5.75 Å². The lowest BCUT2D eigenvalue weighted by Gasteiger charge is -2.13. The Morgan fingerprint density at radius 2 is 2.33 bits per heavy atom. The molecule has 1 unspecified atom stereocenters. The predicted octanol–water partition coefficient (Wildman–Crippen LogP) is 3.87. The summed E-state index contributed by atoms with van der Waals surface area (Å²) in [7, 11) is 0. The molecule has 1 rings (SSSR count). The molecule has 0 fully saturated rings. The summed E-state index contributed by atoms with van der Waals surface area (Å²) in [4.78, 5) is 0. The van der Waals surface area contributed by atoms with Crippen LogP contribution < -0.4 is 4.74 Å². The van der Waals surface area contributed by atoms with Gasteiger partial charge in [-0.25, -0.2) is 0 Å². The van der Waals surface area contributed by atoms with Gasteiger partial charge in [0.2, 0.25) is 0 Å². The second-order valence-corrected chi connectivity index (χ2v) is 4.21. The fourth-order valence-electron chi connectivity index (χ4n) is 1.12. The average molecular weight is 289 g/mol. The van der Waals surface area contributed by atoms with E-state index < -0.39 is 6.10 Å². The molecule has 2 nitrogen and oxygen atoms in total. The smallest absolute Gasteiger partial charge is 0.184 e. The maximum Gasteiger partial charge on any atom is 0.184 e. The van der Waals surface area contributed by atoms with Crippen molar-refractivity contribution in [1.29, 1.82) is 5.26 Å². The first-order valence-electron chi connectivity index (χ1n) is 4.62. The number of halogens is 2. The monoisotopic (exact) mass is 287 g/mol. The molecule has 80 valence electrons. The van der Waals surface area contributed by atoms with Gasteiger partial charge < -0.3 is 4.74 Å². The summed E-state index contributed by atoms with van der Waals surface area (Å²) in [5, 5.41) is 8.79. The zero-order valence-corrected chi connectivity index (χ0v) is 10.7. The van der Waals surface area contributed by atoms with E-state index in [4.69, 9.17) is 21.6 Å². The van der Waals surface area contributed by atoms with Gasteiger partial charge in [0.1, 0.15) is 11.8 Å². The molecular formula is C11H11BrClNO. The van der Waals surface area contributed by atoms with E-state index in [0.29, 0.717) is 18.1 Å². The van der Waals surface area contributed by atoms with Crippen molar-refractivity contribution >= 4 is 27.5 Å². The summed E-state index contributed by atoms with van der Waals surface area (Å²) < 4.78 is 6.48. The highest BCUT2D eigenvalue weighted by molar-refractivity contribution is 9.10. The molecule has 0 heterocycles. The van der Waals surface area contributed by atoms with Gasteiger partial charge >= 0.3 is 0 Å². The van der Waals surface area contributed by atoms with Crippen LogP contribution in [0.1, 0.15) is 18.9 Å². The van der Waals surface area contributed by atoms with Crippen molar-refractivity contribution < 1.29 is 4.74 Å². The largest absolute Gasteiger partial charge is 0.475 e. The second-order valence-electron chi connectivity index (χ2n) is 3.03. The number of nitrogens with zero attached hydrogens (tertiary/aromatic N) is 1. The molecule has 15 heavy (non-hydrogen) atoms. The molecule has 0 saturated carbocycles. The Hall–Kier alpha value is -0.720. The Morgan fingerprint density at radius 3 is 2.87 bits per heavy atom. The standard InChI is InChI=1S/C11H11BrClNO/c1-2-10(7-14)15-11-4-3-9(12)5-8(11)6-13/h3-5,10H,2,6H2,1H3. The molecular weight excluding hydrogens is 277 g/mol. The number of hydrogen-bond acceptors (Lipinski definition) is 2. The van der Waals surface area contributed by atoms with Crippen molar-refractivity contribution in [3.8, 4) is 11.8 Å². The lowest BCUT2D eigenvalue weighted by atomic mass is 10.2. The van der Waals surface area contributed by atoms with Gasteiger partial charge in [-0.1, -0.05) is 22.9 Å². The van der Waals surface area contributed by atoms with E-state index in [-0.39, 0.29) is 0 Å². The van der Waals surface area contributed by atoms with Crippen molar-refractivity contribution in [2.24, 2.45) is 0 Å². The van der Waals surface area contributed by atoms with E-state index >= 15 is 0 Å². The molecule has 0 radical (unpaired) electrons. The summed E-state index contributed by atoms with van der Waals surface area (Å²) >= 11 is 9.15. The van der Waals surface area contributed by atoms with Gasteiger partial charge in [-0.05, 0) is 24.6 Å². The third kappa shape index (κ3) is 3.40. The van der Waals surface area contributed by atoms with Gasteiger partial charge in [-0.3, -0.25) is 0 Å². The lowest BCUT2D eigenvalue weighted by molar-refractivity contribution is 0.250. The minimum absolute atomic E-state index is 0.372. The SMILES string of the molecule is CCC(C#N)Oc1ccc(Br)cc1CCl. The normalized spacial score (nSPS) is 11.9. The van der Waals surface area contributed by atoms with Crippen molar-refractivity contribution in [3.05, 3.63) is 28.2 Å². The first-order valence-corrected chi connectivity index (χ1v) is 5.94. The van der Waals surface area contributed by atoms with Gasteiger partial charge in [-0.15, -0.1) is 11.6 Å². The molecule has 4 heteroatoms. The van der Waals surface area contributed by atoms with Crippen LogP contribution in [0.4, 0.5) is 0 Å². The Kier molecular flexibility index (Phi) is 4.93. The van der Waals surface area contributed by atoms with Gasteiger partial charge in [0, 0.05) is 10.0 Å². The van der Waals surface area contributed by atoms with Gasteiger partial charge in [0.15, 0.2) is 6.10 Å². The Balaban J connectivity index is 2.89. The van der Waals surface area contributed by atoms with Crippen LogP contribution in [0.2, 0.25) is 0 Å². The van der Waals surface area contributed by atoms with Crippen LogP contribution in [-0.2, 0) is 5.88 Å². The summed E-state index contributed by atoms with van der Waals surface area (Å²) in [6.45, 7) is 1.91. The summed E-state index contributed by atoms with van der Waals surface area (Å²) in [5.41, 5.74) is 0.889. The molecule has 0 aromatic heterocycles. The van der Waals surface area contributed by atoms with Crippen molar-refractivity contribution in [1.82, 2.24) is 0 Å². The Morgan fingerprint density at radius 1 is 1.60 bits per heavy atom. The molecule has 0 N–H and O–H groups in total. The number of hydrogen-bond donors (Lipinski definition) is 0. The molecule has 0 bridgehead atoms. The van der Waals surface area contributed by atoms with Crippen LogP contribution in [0.25, 0.3) is 0 Å². The number of ether oxygens (including phenoxy) is 1. The number of alkyl halides is 1. The number of nitriles is 1. The van der Waals surface area contributed by atoms with Gasteiger partial charge in [0.25, 0.3) is 0 Å². The van der Waals surface area contributed by atoms with Crippen LogP contribution in [0, 0.1) is 11.3 Å². The third-order valence-electron chi connectivity index (χ3n) is 1.95. The predicted molar refractivity (Wildman–Crippen MR) is 64.0 cm³/mol. The Labute approximate surface area is 103 Å². The first-order chi connectivity index (χ1) is 7.21. The fourth-order valence-corrected chi connectivity index (χ4v) is 1.74. The van der Waals surface area contributed by atoms with E-state index in [2.05, 4.69) is 22.0 Å². The number of benzene rings is 1. The van der Waals surface area contributed by atoms with Crippen molar-refractivity contribution in [2.45, 2.75) is 25.3 Å². The Bertz CT molecular complexity index is 375. The van der Waals surface area contributed by atoms with Crippen molar-refractivity contribution in [3.63, 3.8) is 0 Å². The molecule has 0 saturated heterocycles. The molecule has 1 aromatic carbocycles. The highest BCUT2D eigenvalue weighted by Crippen LogP contribution is 2.25. The van der Waals surface area contributed by atoms with E-state index in [9.17, 15) is 0 Å². The highest BCUT2D eigenvalue weighted by Gasteiger charge is 2.09. The number of rotatable bonds is 4. The maximum atomic E-state index is 8.79. The van der Waals surface area contributed by atoms with Crippen LogP contribution in [-0.4, -0.2) is 6.10 Å². The summed E-state index contributed by atoms with van der Waals surface area (Å²) in [5.74, 6) is 1.05. The van der Waals surface area contributed by atoms with E-state index in [1.165, 1.54) is 0 Å². The maximum absolute atomic E-state index is 8.79. The summed E-state index contributed by atoms with van der Waals surface area (Å²) in [6.07, 6.45) is 0.252. The second kappa shape index (κ2) is 5.99. The molecule has 1 aromatic rings. The zero-order chi connectivity index (χ0) is 11.3. The summed E-state index contributed by atoms with van der Waals surface area (Å²) in [6, 6.07) is 7.68. The fraction of sp³-hybridized carbons (Fsp3) is 0.364. The van der Waals surface area contributed by atoms with Gasteiger partial charge in [-0.2, -0.15) is 5.26 Å². The minimum atomic E-state index is -0.409. The molecule has 0 amide bonds. The minimum Gasteiger partial charge on any atom is -0.475 e. The van der Waals surface area contributed by atoms with E-state index in [0.717, 1.165) is 10.0 Å². The van der Waals surface area contributed by atoms with E-state index in [1.807, 2.05) is 25.1 Å². The zero-order valence-electron chi connectivity index (χ0n) is 8.34. The molecule has 0 aliphatic rings. The molecule has 0 aliphatic carbocycles. The molecule has 0 aliphatic heterocycles. The topological polar surface area (TPSA) is 33.0 Å². The van der Waals surface area contributed by atoms with Crippen LogP contribution >= 0.6 is 27.5 Å². The first kappa shape index (κ1) is 12.4. The van der Waals surface area contributed by atoms with Gasteiger partial charge in [0.05, 0.1) is 5.88 Å². The quantitative estimate of drug-likeness (QED) is 0.788. The highest BCUT2D eigenvalue weighted by atomic mass is 79.9. The van der Waals surface area contributed by atoms with Crippen LogP contribution in [0.15, 0.2) is 22.7 Å². The lowest BCUT2D eigenvalue weighted by Crippen LogP contribution is -2.13. The third-order valence-corrected chi connectivity index (χ3v) is 2.73. The molecule has 1 atom stereocenters. The van der Waals surface area contributed by atoms with Crippen LogP contribution in [0.3, 0.4) is 0 Å². The van der Waals surface area contributed by atoms with E-state index in [1.54, 1.807) is 0 Å². The van der Waals surface area contributed by atoms with Crippen molar-refractivity contribution in [2.75, 3.05) is 0 Å².